The van der Waals surface area contributed by atoms with Gasteiger partial charge in [0, 0.05) is 85.7 Å². The van der Waals surface area contributed by atoms with Crippen molar-refractivity contribution >= 4 is 47.6 Å². The molecule has 1 unspecified atom stereocenters. The smallest absolute Gasteiger partial charge is 0.475 e. The second kappa shape index (κ2) is 37.3. The van der Waals surface area contributed by atoms with Gasteiger partial charge in [-0.3, -0.25) is 29.0 Å². The fraction of sp³-hybridized carbons (Fsp3) is 0.547. The van der Waals surface area contributed by atoms with Gasteiger partial charge in [0.15, 0.2) is 0 Å². The molecule has 4 amide bonds. The topological polar surface area (TPSA) is 221 Å². The van der Waals surface area contributed by atoms with Crippen molar-refractivity contribution in [3.8, 4) is 11.1 Å². The maximum Gasteiger partial charge on any atom is 0.490 e. The highest BCUT2D eigenvalue weighted by Crippen LogP contribution is 2.40. The number of aldehydes is 1. The molecule has 0 saturated heterocycles. The van der Waals surface area contributed by atoms with E-state index in [1.807, 2.05) is 30.5 Å². The quantitative estimate of drug-likeness (QED) is 0.0215. The van der Waals surface area contributed by atoms with Gasteiger partial charge >= 0.3 is 12.1 Å². The first-order chi connectivity index (χ1) is 36.2. The largest absolute Gasteiger partial charge is 0.490 e. The fourth-order valence-corrected chi connectivity index (χ4v) is 8.08. The van der Waals surface area contributed by atoms with Crippen molar-refractivity contribution < 1.29 is 74.8 Å². The van der Waals surface area contributed by atoms with Gasteiger partial charge in [0.25, 0.3) is 11.8 Å². The van der Waals surface area contributed by atoms with E-state index in [-0.39, 0.29) is 40.6 Å². The van der Waals surface area contributed by atoms with E-state index < -0.39 is 23.8 Å². The number of benzene rings is 2. The lowest BCUT2D eigenvalue weighted by atomic mass is 9.83. The molecule has 2 heterocycles. The van der Waals surface area contributed by atoms with Crippen LogP contribution in [0.3, 0.4) is 0 Å². The van der Waals surface area contributed by atoms with Crippen molar-refractivity contribution in [2.45, 2.75) is 78.1 Å². The zero-order valence-corrected chi connectivity index (χ0v) is 44.7. The number of carbonyl (C=O) groups excluding carboxylic acids is 5. The molecule has 4 rings (SSSR count). The molecule has 424 valence electrons. The summed E-state index contributed by atoms with van der Waals surface area (Å²) in [5.74, 6) is -3.23. The lowest BCUT2D eigenvalue weighted by Gasteiger charge is -2.39. The summed E-state index contributed by atoms with van der Waals surface area (Å²) >= 11 is 1.43. The van der Waals surface area contributed by atoms with Crippen LogP contribution in [0.1, 0.15) is 76.6 Å². The number of unbranched alkanes of at least 4 members (excludes halogenated alkanes) is 2. The molecule has 3 aromatic rings. The second-order valence-electron chi connectivity index (χ2n) is 18.2. The molecule has 0 fully saturated rings. The zero-order valence-electron chi connectivity index (χ0n) is 43.9. The lowest BCUT2D eigenvalue weighted by Crippen LogP contribution is -2.36. The summed E-state index contributed by atoms with van der Waals surface area (Å²) in [5.41, 5.74) is 8.88. The summed E-state index contributed by atoms with van der Waals surface area (Å²) in [6.07, 6.45) is 4.05. The predicted molar refractivity (Wildman–Crippen MR) is 279 cm³/mol. The number of hydrogen-bond acceptors (Lipinski definition) is 13. The Labute approximate surface area is 446 Å². The molecule has 1 atom stereocenters. The molecule has 17 nitrogen and oxygen atoms in total. The first-order valence-electron chi connectivity index (χ1n) is 25.0. The first kappa shape index (κ1) is 66.6. The summed E-state index contributed by atoms with van der Waals surface area (Å²) in [5, 5.41) is 12.7. The van der Waals surface area contributed by atoms with Crippen molar-refractivity contribution in [1.82, 2.24) is 25.0 Å². The summed E-state index contributed by atoms with van der Waals surface area (Å²) < 4.78 is 84.0. The Hall–Kier alpha value is -5.56. The summed E-state index contributed by atoms with van der Waals surface area (Å²) in [4.78, 5) is 68.8. The van der Waals surface area contributed by atoms with Gasteiger partial charge in [-0.25, -0.2) is 13.6 Å². The third-order valence-electron chi connectivity index (χ3n) is 11.0. The average Bonchev–Trinajstić information content (AvgIpc) is 3.92. The van der Waals surface area contributed by atoms with Crippen LogP contribution < -0.4 is 16.4 Å². The molecule has 0 spiro atoms. The van der Waals surface area contributed by atoms with Crippen LogP contribution in [-0.2, 0) is 54.3 Å². The van der Waals surface area contributed by atoms with E-state index in [0.717, 1.165) is 43.0 Å². The molecule has 0 aliphatic carbocycles. The number of carboxylic acid groups (broad SMARTS) is 1. The maximum atomic E-state index is 14.6. The number of carbonyl (C=O) groups is 6. The number of thioether (sulfide) groups is 1. The minimum absolute atomic E-state index is 0.0488. The number of rotatable bonds is 34. The van der Waals surface area contributed by atoms with Crippen molar-refractivity contribution in [1.29, 1.82) is 0 Å². The minimum Gasteiger partial charge on any atom is -0.475 e. The molecule has 23 heteroatoms. The number of carboxylic acids is 1. The van der Waals surface area contributed by atoms with Crippen molar-refractivity contribution in [2.75, 3.05) is 104 Å². The number of aromatic nitrogens is 1. The monoisotopic (exact) mass is 1100 g/mol. The Morgan fingerprint density at radius 1 is 0.789 bits per heavy atom. The highest BCUT2D eigenvalue weighted by Gasteiger charge is 2.38. The molecule has 76 heavy (non-hydrogen) atoms. The summed E-state index contributed by atoms with van der Waals surface area (Å²) in [7, 11) is 2.11. The van der Waals surface area contributed by atoms with Gasteiger partial charge in [-0.2, -0.15) is 24.9 Å². The number of nitrogens with one attached hydrogen (secondary N) is 2. The third kappa shape index (κ3) is 28.0. The van der Waals surface area contributed by atoms with E-state index >= 15 is 0 Å². The molecule has 0 saturated carbocycles. The lowest BCUT2D eigenvalue weighted by molar-refractivity contribution is -0.192. The van der Waals surface area contributed by atoms with Gasteiger partial charge < -0.3 is 49.8 Å². The Morgan fingerprint density at radius 2 is 1.34 bits per heavy atom. The van der Waals surface area contributed by atoms with Crippen LogP contribution >= 0.6 is 11.8 Å². The van der Waals surface area contributed by atoms with Crippen molar-refractivity contribution in [3.05, 3.63) is 95.8 Å². The molecular formula is C53H75F5N6O11S. The number of hydrogen-bond donors (Lipinski definition) is 4. The Bertz CT molecular complexity index is 2210. The van der Waals surface area contributed by atoms with Gasteiger partial charge in [0.2, 0.25) is 11.8 Å². The highest BCUT2D eigenvalue weighted by atomic mass is 32.2. The van der Waals surface area contributed by atoms with E-state index in [4.69, 9.17) is 34.6 Å². The zero-order chi connectivity index (χ0) is 56.4. The van der Waals surface area contributed by atoms with Crippen LogP contribution in [0.25, 0.3) is 11.1 Å². The highest BCUT2D eigenvalue weighted by molar-refractivity contribution is 7.99. The van der Waals surface area contributed by atoms with Gasteiger partial charge in [0.1, 0.15) is 17.9 Å². The average molecular weight is 1100 g/mol. The van der Waals surface area contributed by atoms with E-state index in [9.17, 15) is 45.9 Å². The minimum atomic E-state index is -5.08. The van der Waals surface area contributed by atoms with Gasteiger partial charge in [-0.05, 0) is 74.6 Å². The normalized spacial score (nSPS) is 12.8. The second-order valence-corrected chi connectivity index (χ2v) is 19.3. The van der Waals surface area contributed by atoms with Gasteiger partial charge in [-0.1, -0.05) is 57.5 Å². The number of nitrogens with zero attached hydrogens (tertiary/aromatic N) is 3. The molecule has 0 bridgehead atoms. The number of halogens is 5. The van der Waals surface area contributed by atoms with Crippen molar-refractivity contribution in [2.24, 2.45) is 11.1 Å². The number of aliphatic carboxylic acids is 1. The van der Waals surface area contributed by atoms with Crippen LogP contribution in [-0.4, -0.2) is 166 Å². The number of imide groups is 1. The van der Waals surface area contributed by atoms with Crippen LogP contribution in [0.4, 0.5) is 22.0 Å². The number of amides is 4. The first-order valence-corrected chi connectivity index (χ1v) is 26.1. The SMILES string of the molecule is CN(CCCN)C(c1cc(-c2cc(F)ccc2F)cn1Cc1ccccc1)C(C)(C)C.O=C(O)C(F)(F)F.O=CCSCCC(=O)NCCOCCOCCOCCOCCNC(=O)CCCCCN1C(=O)C=CC1=O. The number of ether oxygens (including phenoxy) is 4. The number of alkyl halides is 3. The molecule has 1 aliphatic rings. The number of nitrogens with two attached hydrogens (primary N) is 1. The van der Waals surface area contributed by atoms with Crippen molar-refractivity contribution in [3.63, 3.8) is 0 Å². The Balaban J connectivity index is 0.000000467. The van der Waals surface area contributed by atoms with Crippen LogP contribution in [0.15, 0.2) is 72.9 Å². The molecule has 2 aromatic carbocycles. The standard InChI is InChI=1S/C26H33F2N3.C25H41N3O9S.C2HF3O2/c1-26(2,3)25(30(4)14-8-13-29)24-15-20(22-16-21(27)11-12-23(22)28)18-31(24)17-19-9-6-5-7-10-19;29-11-21-38-20-7-23(31)27-9-13-35-15-17-37-19-18-36-16-14-34-12-8-26-22(30)4-2-1-3-10-28-24(32)5-6-25(28)33;3-2(4,5)1(6)7/h5-7,9-12,15-16,18,25H,8,13-14,17,29H2,1-4H3;5-6,11H,1-4,7-10,12-21H2,(H,26,30)(H,27,31);(H,6,7). The van der Waals surface area contributed by atoms with Gasteiger partial charge in [0.05, 0.1) is 58.9 Å². The van der Waals surface area contributed by atoms with Crippen LogP contribution in [0.5, 0.6) is 0 Å². The molecule has 1 aromatic heterocycles. The van der Waals surface area contributed by atoms with E-state index in [2.05, 4.69) is 60.1 Å². The predicted octanol–water partition coefficient (Wildman–Crippen LogP) is 6.58. The fourth-order valence-electron chi connectivity index (χ4n) is 7.49. The van der Waals surface area contributed by atoms with Gasteiger partial charge in [-0.15, -0.1) is 0 Å². The van der Waals surface area contributed by atoms with E-state index in [0.29, 0.717) is 128 Å². The molecule has 1 aliphatic heterocycles. The molecule has 5 N–H and O–H groups in total. The molecular weight excluding hydrogens is 1020 g/mol. The Kier molecular flexibility index (Phi) is 32.6. The molecule has 0 radical (unpaired) electrons. The van der Waals surface area contributed by atoms with Crippen LogP contribution in [0.2, 0.25) is 0 Å². The maximum absolute atomic E-state index is 14.6. The Morgan fingerprint density at radius 3 is 1.87 bits per heavy atom. The summed E-state index contributed by atoms with van der Waals surface area (Å²) in [6, 6.07) is 15.9. The third-order valence-corrected chi connectivity index (χ3v) is 11.8. The van der Waals surface area contributed by atoms with E-state index in [1.165, 1.54) is 40.9 Å². The summed E-state index contributed by atoms with van der Waals surface area (Å²) in [6.45, 7) is 13.4. The van der Waals surface area contributed by atoms with Crippen LogP contribution in [0, 0.1) is 17.0 Å². The van der Waals surface area contributed by atoms with E-state index in [1.54, 1.807) is 0 Å².